The zero-order valence-electron chi connectivity index (χ0n) is 42.6. The number of aliphatic hydroxyl groups excluding tert-OH is 1. The number of benzene rings is 1. The Bertz CT molecular complexity index is 1970. The number of cyclic esters (lactones) is 1. The number of carboxylic acids is 1. The van der Waals surface area contributed by atoms with Crippen molar-refractivity contribution in [3.63, 3.8) is 0 Å². The molecule has 21 heteroatoms. The van der Waals surface area contributed by atoms with Gasteiger partial charge in [-0.1, -0.05) is 78.9 Å². The summed E-state index contributed by atoms with van der Waals surface area (Å²) in [5.74, 6) is -8.77. The number of amides is 7. The molecule has 0 unspecified atom stereocenters. The monoisotopic (exact) mass is 1000 g/mol. The van der Waals surface area contributed by atoms with Crippen molar-refractivity contribution in [3.05, 3.63) is 29.8 Å². The molecule has 7 amide bonds. The molecule has 3 rings (SSSR count). The molecule has 2 aliphatic rings. The fourth-order valence-electron chi connectivity index (χ4n) is 8.71. The predicted molar refractivity (Wildman–Crippen MR) is 262 cm³/mol. The predicted octanol–water partition coefficient (Wildman–Crippen LogP) is 1.89. The first-order valence-corrected chi connectivity index (χ1v) is 25.3. The van der Waals surface area contributed by atoms with Crippen LogP contribution in [-0.2, 0) is 54.3 Å². The van der Waals surface area contributed by atoms with Crippen LogP contribution in [-0.4, -0.2) is 147 Å². The second-order valence-electron chi connectivity index (χ2n) is 19.4. The second kappa shape index (κ2) is 29.5. The summed E-state index contributed by atoms with van der Waals surface area (Å²) in [6.07, 6.45) is 1.22. The number of nitrogens with zero attached hydrogens (tertiary/aromatic N) is 2. The van der Waals surface area contributed by atoms with Crippen molar-refractivity contribution >= 4 is 53.3 Å². The van der Waals surface area contributed by atoms with Gasteiger partial charge in [-0.05, 0) is 94.4 Å². The van der Waals surface area contributed by atoms with Crippen LogP contribution in [0.1, 0.15) is 143 Å². The van der Waals surface area contributed by atoms with E-state index >= 15 is 0 Å². The van der Waals surface area contributed by atoms with Gasteiger partial charge in [-0.3, -0.25) is 38.4 Å². The molecule has 2 aliphatic heterocycles. The molecule has 2 fully saturated rings. The molecule has 10 atom stereocenters. The van der Waals surface area contributed by atoms with Crippen LogP contribution in [0.25, 0.3) is 0 Å². The van der Waals surface area contributed by atoms with E-state index in [2.05, 4.69) is 33.5 Å². The number of rotatable bonds is 22. The van der Waals surface area contributed by atoms with Gasteiger partial charge in [0.15, 0.2) is 0 Å². The number of nitrogens with one attached hydrogen (secondary N) is 5. The minimum atomic E-state index is -1.78. The Morgan fingerprint density at radius 2 is 1.52 bits per heavy atom. The number of aromatic hydroxyl groups is 1. The zero-order chi connectivity index (χ0) is 52.9. The number of nitrogens with two attached hydrogens (primary N) is 1. The summed E-state index contributed by atoms with van der Waals surface area (Å²) in [5.41, 5.74) is 6.30. The highest BCUT2D eigenvalue weighted by Gasteiger charge is 2.46. The largest absolute Gasteiger partial charge is 0.508 e. The molecule has 1 aromatic carbocycles. The number of unbranched alkanes of at least 4 members (excludes halogenated alkanes) is 5. The van der Waals surface area contributed by atoms with Crippen LogP contribution in [0.5, 0.6) is 5.75 Å². The van der Waals surface area contributed by atoms with E-state index in [1.165, 1.54) is 26.1 Å². The van der Waals surface area contributed by atoms with Gasteiger partial charge in [-0.2, -0.15) is 0 Å². The van der Waals surface area contributed by atoms with Crippen LogP contribution >= 0.6 is 0 Å². The van der Waals surface area contributed by atoms with Gasteiger partial charge < -0.3 is 62.2 Å². The third kappa shape index (κ3) is 18.4. The van der Waals surface area contributed by atoms with E-state index in [0.29, 0.717) is 31.2 Å². The van der Waals surface area contributed by atoms with E-state index in [4.69, 9.17) is 10.5 Å². The number of aliphatic hydroxyl groups is 1. The summed E-state index contributed by atoms with van der Waals surface area (Å²) < 4.78 is 5.93. The highest BCUT2D eigenvalue weighted by atomic mass is 16.5. The number of esters is 1. The van der Waals surface area contributed by atoms with E-state index in [9.17, 15) is 58.5 Å². The van der Waals surface area contributed by atoms with Gasteiger partial charge in [0.05, 0.1) is 0 Å². The normalized spacial score (nSPS) is 24.9. The lowest BCUT2D eigenvalue weighted by Gasteiger charge is -2.43. The molecule has 0 aliphatic carbocycles. The SMILES string of the molecule is CCCCCCCC(=O)N[C@H](CCC(=O)O)C(=O)N[C@@H]1C(=O)N[C@H](CCCCN)C(=O)N[C@@H]2CC[C@@H](O)N(C2=O)[C@H](CC(C)C)C(=O)N(C)[C@H](Cc2ccc(O)cc2)C(=O)N[C@H]([C@@H](C)CC)C(=O)O[C@@H]1C. The number of hydrogen-bond acceptors (Lipinski definition) is 13. The second-order valence-corrected chi connectivity index (χ2v) is 19.4. The van der Waals surface area contributed by atoms with Crippen molar-refractivity contribution in [3.8, 4) is 5.75 Å². The summed E-state index contributed by atoms with van der Waals surface area (Å²) in [5, 5.41) is 44.3. The third-order valence-corrected chi connectivity index (χ3v) is 13.2. The Hall–Kier alpha value is -5.83. The molecule has 0 aromatic heterocycles. The van der Waals surface area contributed by atoms with E-state index in [-0.39, 0.29) is 63.2 Å². The van der Waals surface area contributed by atoms with Crippen molar-refractivity contribution in [2.24, 2.45) is 17.6 Å². The number of phenolic OH excluding ortho intramolecular Hbond substituents is 1. The zero-order valence-corrected chi connectivity index (χ0v) is 42.6. The van der Waals surface area contributed by atoms with Gasteiger partial charge in [0, 0.05) is 26.3 Å². The average Bonchev–Trinajstić information content (AvgIpc) is 3.32. The van der Waals surface area contributed by atoms with Gasteiger partial charge in [-0.25, -0.2) is 4.79 Å². The molecule has 1 aromatic rings. The topological polar surface area (TPSA) is 316 Å². The van der Waals surface area contributed by atoms with Crippen LogP contribution in [0, 0.1) is 11.8 Å². The summed E-state index contributed by atoms with van der Waals surface area (Å²) in [7, 11) is 1.37. The number of fused-ring (bicyclic) bond motifs is 2. The molecular formula is C50H80N8O13. The molecule has 71 heavy (non-hydrogen) atoms. The summed E-state index contributed by atoms with van der Waals surface area (Å²) in [4.78, 5) is 129. The van der Waals surface area contributed by atoms with Crippen LogP contribution in [0.3, 0.4) is 0 Å². The molecule has 2 heterocycles. The highest BCUT2D eigenvalue weighted by molar-refractivity contribution is 5.98. The lowest BCUT2D eigenvalue weighted by Crippen LogP contribution is -2.65. The first-order chi connectivity index (χ1) is 33.6. The van der Waals surface area contributed by atoms with Crippen LogP contribution in [0.4, 0.5) is 0 Å². The maximum Gasteiger partial charge on any atom is 0.329 e. The maximum absolute atomic E-state index is 14.9. The minimum Gasteiger partial charge on any atom is -0.508 e. The number of ether oxygens (including phenoxy) is 1. The summed E-state index contributed by atoms with van der Waals surface area (Å²) in [6, 6.07) is -4.02. The van der Waals surface area contributed by atoms with Gasteiger partial charge in [-0.15, -0.1) is 0 Å². The van der Waals surface area contributed by atoms with Crippen molar-refractivity contribution in [1.29, 1.82) is 0 Å². The number of aliphatic carboxylic acids is 1. The fraction of sp³-hybridized carbons (Fsp3) is 0.700. The number of carboxylic acid groups (broad SMARTS) is 1. The van der Waals surface area contributed by atoms with E-state index in [1.807, 2.05) is 13.8 Å². The van der Waals surface area contributed by atoms with Crippen LogP contribution < -0.4 is 32.3 Å². The smallest absolute Gasteiger partial charge is 0.329 e. The number of hydrogen-bond donors (Lipinski definition) is 9. The molecule has 10 N–H and O–H groups in total. The van der Waals surface area contributed by atoms with Gasteiger partial charge in [0.25, 0.3) is 0 Å². The minimum absolute atomic E-state index is 0.00377. The molecular weight excluding hydrogens is 921 g/mol. The van der Waals surface area contributed by atoms with Crippen LogP contribution in [0.15, 0.2) is 24.3 Å². The number of likely N-dealkylation sites (N-methyl/N-ethyl adjacent to an activating group) is 1. The van der Waals surface area contributed by atoms with Crippen molar-refractivity contribution < 1.29 is 63.2 Å². The quantitative estimate of drug-likeness (QED) is 0.0592. The number of phenols is 1. The highest BCUT2D eigenvalue weighted by Crippen LogP contribution is 2.27. The Kier molecular flexibility index (Phi) is 24.7. The molecule has 0 saturated carbocycles. The molecule has 398 valence electrons. The maximum atomic E-state index is 14.9. The molecule has 0 radical (unpaired) electrons. The van der Waals surface area contributed by atoms with E-state index in [0.717, 1.165) is 35.5 Å². The Morgan fingerprint density at radius 1 is 0.845 bits per heavy atom. The molecule has 21 nitrogen and oxygen atoms in total. The summed E-state index contributed by atoms with van der Waals surface area (Å²) in [6.45, 7) is 10.7. The van der Waals surface area contributed by atoms with Crippen molar-refractivity contribution in [1.82, 2.24) is 36.4 Å². The lowest BCUT2D eigenvalue weighted by molar-refractivity contribution is -0.166. The van der Waals surface area contributed by atoms with Crippen molar-refractivity contribution in [2.75, 3.05) is 13.6 Å². The standard InChI is InChI=1S/C50H80N8O13/c1-8-10-11-12-13-17-39(60)52-35(23-25-41(62)63)45(65)56-43-31(6)71-50(70)42(30(5)9-2)55-46(66)37(28-32-18-20-33(59)21-19-32)57(7)49(69)38(27-29(3)4)58-40(61)24-22-36(48(58)68)54-44(64)34(53-47(43)67)16-14-15-26-51/h18-21,29-31,34-38,40,42-43,59,61H,8-17,22-28,51H2,1-7H3,(H,52,60)(H,53,67)(H,54,64)(H,55,66)(H,56,65)(H,62,63)/t30-,31+,34+,35+,36+,37+,38+,40+,42+,43-/m0/s1. The summed E-state index contributed by atoms with van der Waals surface area (Å²) >= 11 is 0. The van der Waals surface area contributed by atoms with Crippen molar-refractivity contribution in [2.45, 2.75) is 199 Å². The Morgan fingerprint density at radius 3 is 2.14 bits per heavy atom. The fourth-order valence-corrected chi connectivity index (χ4v) is 8.71. The van der Waals surface area contributed by atoms with Gasteiger partial charge in [0.1, 0.15) is 60.4 Å². The number of piperidine rings is 1. The Balaban J connectivity index is 2.21. The molecule has 2 saturated heterocycles. The van der Waals surface area contributed by atoms with Gasteiger partial charge >= 0.3 is 11.9 Å². The Labute approximate surface area is 417 Å². The van der Waals surface area contributed by atoms with Crippen LogP contribution in [0.2, 0.25) is 0 Å². The lowest BCUT2D eigenvalue weighted by atomic mass is 9.94. The molecule has 0 spiro atoms. The van der Waals surface area contributed by atoms with E-state index in [1.54, 1.807) is 26.0 Å². The van der Waals surface area contributed by atoms with E-state index < -0.39 is 120 Å². The third-order valence-electron chi connectivity index (χ3n) is 13.2. The first kappa shape index (κ1) is 59.5. The first-order valence-electron chi connectivity index (χ1n) is 25.3. The number of carbonyl (C=O) groups is 9. The average molecular weight is 1000 g/mol. The number of carbonyl (C=O) groups excluding carboxylic acids is 8. The van der Waals surface area contributed by atoms with Gasteiger partial charge in [0.2, 0.25) is 41.4 Å². The molecule has 2 bridgehead atoms.